The highest BCUT2D eigenvalue weighted by Gasteiger charge is 2.00. The largest absolute Gasteiger partial charge is 0.392 e. The monoisotopic (exact) mass is 147 g/mol. The first-order valence-corrected chi connectivity index (χ1v) is 3.57. The van der Waals surface area contributed by atoms with E-state index in [0.29, 0.717) is 19.2 Å². The summed E-state index contributed by atoms with van der Waals surface area (Å²) in [6.07, 6.45) is -0.278. The van der Waals surface area contributed by atoms with E-state index in [2.05, 4.69) is 5.32 Å². The summed E-state index contributed by atoms with van der Waals surface area (Å²) in [6.45, 7) is 5.09. The second kappa shape index (κ2) is 5.65. The fourth-order valence-corrected chi connectivity index (χ4v) is 0.681. The molecular formula is C7H17NO2. The molecule has 0 unspecified atom stereocenters. The number of aliphatic hydroxyl groups is 1. The van der Waals surface area contributed by atoms with Crippen LogP contribution in [0.5, 0.6) is 0 Å². The van der Waals surface area contributed by atoms with E-state index in [4.69, 9.17) is 9.84 Å². The minimum Gasteiger partial charge on any atom is -0.392 e. The molecule has 0 amide bonds. The van der Waals surface area contributed by atoms with Crippen molar-refractivity contribution < 1.29 is 9.84 Å². The Hall–Kier alpha value is -0.120. The van der Waals surface area contributed by atoms with E-state index >= 15 is 0 Å². The van der Waals surface area contributed by atoms with Gasteiger partial charge in [0, 0.05) is 19.7 Å². The lowest BCUT2D eigenvalue weighted by atomic mass is 10.3. The Morgan fingerprint density at radius 3 is 2.50 bits per heavy atom. The number of hydrogen-bond donors (Lipinski definition) is 2. The molecule has 0 fully saturated rings. The lowest BCUT2D eigenvalue weighted by Gasteiger charge is -2.13. The molecule has 0 radical (unpaired) electrons. The van der Waals surface area contributed by atoms with E-state index in [0.717, 1.165) is 0 Å². The highest BCUT2D eigenvalue weighted by molar-refractivity contribution is 4.60. The highest BCUT2D eigenvalue weighted by Crippen LogP contribution is 1.83. The summed E-state index contributed by atoms with van der Waals surface area (Å²) in [4.78, 5) is 0. The summed E-state index contributed by atoms with van der Waals surface area (Å²) in [6, 6.07) is 0.319. The van der Waals surface area contributed by atoms with Crippen molar-refractivity contribution in [2.24, 2.45) is 0 Å². The number of nitrogens with one attached hydrogen (secondary N) is 1. The van der Waals surface area contributed by atoms with E-state index in [1.165, 1.54) is 0 Å². The Bertz CT molecular complexity index is 76.0. The van der Waals surface area contributed by atoms with E-state index in [-0.39, 0.29) is 6.10 Å². The normalized spacial score (nSPS) is 16.8. The van der Waals surface area contributed by atoms with Crippen molar-refractivity contribution in [1.82, 2.24) is 5.32 Å². The molecule has 0 aromatic carbocycles. The number of ether oxygens (including phenoxy) is 1. The maximum Gasteiger partial charge on any atom is 0.0636 e. The molecule has 0 saturated heterocycles. The van der Waals surface area contributed by atoms with Gasteiger partial charge in [0.25, 0.3) is 0 Å². The molecule has 0 bridgehead atoms. The van der Waals surface area contributed by atoms with Crippen molar-refractivity contribution in [3.05, 3.63) is 0 Å². The Balaban J connectivity index is 3.12. The van der Waals surface area contributed by atoms with E-state index in [9.17, 15) is 0 Å². The first-order valence-electron chi connectivity index (χ1n) is 3.57. The average molecular weight is 147 g/mol. The molecule has 0 aromatic heterocycles. The van der Waals surface area contributed by atoms with Crippen LogP contribution in [0.3, 0.4) is 0 Å². The van der Waals surface area contributed by atoms with Crippen LogP contribution in [0.2, 0.25) is 0 Å². The second-order valence-corrected chi connectivity index (χ2v) is 2.61. The lowest BCUT2D eigenvalue weighted by Crippen LogP contribution is -2.35. The minimum absolute atomic E-state index is 0.278. The molecule has 3 nitrogen and oxygen atoms in total. The Morgan fingerprint density at radius 1 is 1.50 bits per heavy atom. The molecule has 0 saturated carbocycles. The van der Waals surface area contributed by atoms with Gasteiger partial charge >= 0.3 is 0 Å². The third-order valence-electron chi connectivity index (χ3n) is 1.18. The molecule has 0 aromatic rings. The molecule has 0 spiro atoms. The summed E-state index contributed by atoms with van der Waals surface area (Å²) in [5, 5.41) is 12.0. The van der Waals surface area contributed by atoms with Gasteiger partial charge in [-0.15, -0.1) is 0 Å². The summed E-state index contributed by atoms with van der Waals surface area (Å²) >= 11 is 0. The lowest BCUT2D eigenvalue weighted by molar-refractivity contribution is 0.151. The predicted octanol–water partition coefficient (Wildman–Crippen LogP) is -0.00830. The molecule has 0 aliphatic carbocycles. The predicted molar refractivity (Wildman–Crippen MR) is 41.0 cm³/mol. The zero-order valence-corrected chi connectivity index (χ0v) is 6.92. The first-order chi connectivity index (χ1) is 4.66. The van der Waals surface area contributed by atoms with Crippen LogP contribution >= 0.6 is 0 Å². The van der Waals surface area contributed by atoms with Gasteiger partial charge in [0.1, 0.15) is 0 Å². The van der Waals surface area contributed by atoms with Crippen molar-refractivity contribution >= 4 is 0 Å². The Labute approximate surface area is 62.4 Å². The van der Waals surface area contributed by atoms with Gasteiger partial charge < -0.3 is 15.2 Å². The first kappa shape index (κ1) is 9.88. The molecule has 2 atom stereocenters. The van der Waals surface area contributed by atoms with Gasteiger partial charge in [0.2, 0.25) is 0 Å². The Kier molecular flexibility index (Phi) is 5.58. The van der Waals surface area contributed by atoms with E-state index in [1.54, 1.807) is 14.0 Å². The SMILES string of the molecule is COC[C@@H](C)NC[C@@H](C)O. The van der Waals surface area contributed by atoms with Crippen LogP contribution in [-0.4, -0.2) is 37.5 Å². The standard InChI is InChI=1S/C7H17NO2/c1-6(5-10-3)8-4-7(2)9/h6-9H,4-5H2,1-3H3/t6-,7-/m1/s1. The fourth-order valence-electron chi connectivity index (χ4n) is 0.681. The molecule has 0 aliphatic rings. The van der Waals surface area contributed by atoms with Gasteiger partial charge in [-0.2, -0.15) is 0 Å². The van der Waals surface area contributed by atoms with Gasteiger partial charge in [-0.05, 0) is 13.8 Å². The third kappa shape index (κ3) is 6.01. The quantitative estimate of drug-likeness (QED) is 0.575. The van der Waals surface area contributed by atoms with E-state index < -0.39 is 0 Å². The molecular weight excluding hydrogens is 130 g/mol. The molecule has 0 heterocycles. The van der Waals surface area contributed by atoms with Crippen LogP contribution in [0, 0.1) is 0 Å². The molecule has 62 valence electrons. The second-order valence-electron chi connectivity index (χ2n) is 2.61. The van der Waals surface area contributed by atoms with Crippen molar-refractivity contribution in [3.8, 4) is 0 Å². The van der Waals surface area contributed by atoms with Crippen LogP contribution in [0.1, 0.15) is 13.8 Å². The summed E-state index contributed by atoms with van der Waals surface area (Å²) < 4.78 is 4.89. The van der Waals surface area contributed by atoms with Crippen molar-refractivity contribution in [2.45, 2.75) is 26.0 Å². The molecule has 2 N–H and O–H groups in total. The maximum absolute atomic E-state index is 8.87. The summed E-state index contributed by atoms with van der Waals surface area (Å²) in [5.74, 6) is 0. The average Bonchev–Trinajstić information content (AvgIpc) is 1.85. The van der Waals surface area contributed by atoms with E-state index in [1.807, 2.05) is 6.92 Å². The molecule has 10 heavy (non-hydrogen) atoms. The molecule has 3 heteroatoms. The minimum atomic E-state index is -0.278. The van der Waals surface area contributed by atoms with Gasteiger partial charge in [-0.1, -0.05) is 0 Å². The third-order valence-corrected chi connectivity index (χ3v) is 1.18. The zero-order chi connectivity index (χ0) is 7.98. The maximum atomic E-state index is 8.87. The van der Waals surface area contributed by atoms with Crippen LogP contribution < -0.4 is 5.32 Å². The molecule has 0 rings (SSSR count). The number of hydrogen-bond acceptors (Lipinski definition) is 3. The number of aliphatic hydroxyl groups excluding tert-OH is 1. The van der Waals surface area contributed by atoms with Crippen molar-refractivity contribution in [3.63, 3.8) is 0 Å². The Morgan fingerprint density at radius 2 is 2.10 bits per heavy atom. The van der Waals surface area contributed by atoms with Crippen molar-refractivity contribution in [1.29, 1.82) is 0 Å². The summed E-state index contributed by atoms with van der Waals surface area (Å²) in [5.41, 5.74) is 0. The van der Waals surface area contributed by atoms with Crippen LogP contribution in [-0.2, 0) is 4.74 Å². The van der Waals surface area contributed by atoms with Crippen LogP contribution in [0.4, 0.5) is 0 Å². The van der Waals surface area contributed by atoms with Crippen molar-refractivity contribution in [2.75, 3.05) is 20.3 Å². The van der Waals surface area contributed by atoms with Crippen LogP contribution in [0.15, 0.2) is 0 Å². The van der Waals surface area contributed by atoms with Crippen LogP contribution in [0.25, 0.3) is 0 Å². The van der Waals surface area contributed by atoms with Gasteiger partial charge in [-0.3, -0.25) is 0 Å². The fraction of sp³-hybridized carbons (Fsp3) is 1.00. The number of methoxy groups -OCH3 is 1. The summed E-state index contributed by atoms with van der Waals surface area (Å²) in [7, 11) is 1.67. The number of rotatable bonds is 5. The van der Waals surface area contributed by atoms with Gasteiger partial charge in [0.05, 0.1) is 12.7 Å². The molecule has 0 aliphatic heterocycles. The van der Waals surface area contributed by atoms with Gasteiger partial charge in [0.15, 0.2) is 0 Å². The highest BCUT2D eigenvalue weighted by atomic mass is 16.5. The topological polar surface area (TPSA) is 41.5 Å². The smallest absolute Gasteiger partial charge is 0.0636 e. The van der Waals surface area contributed by atoms with Gasteiger partial charge in [-0.25, -0.2) is 0 Å². The zero-order valence-electron chi connectivity index (χ0n) is 6.92.